The second kappa shape index (κ2) is 7.08. The molecule has 3 aromatic rings. The van der Waals surface area contributed by atoms with Gasteiger partial charge in [0.25, 0.3) is 5.91 Å². The Bertz CT molecular complexity index is 858. The maximum Gasteiger partial charge on any atom is 0.261 e. The predicted molar refractivity (Wildman–Crippen MR) is 88.7 cm³/mol. The largest absolute Gasteiger partial charge is 0.373 e. The van der Waals surface area contributed by atoms with E-state index in [2.05, 4.69) is 25.4 Å². The van der Waals surface area contributed by atoms with Crippen LogP contribution in [0.15, 0.2) is 35.1 Å². The number of hydrogen-bond donors (Lipinski definition) is 1. The van der Waals surface area contributed by atoms with Crippen LogP contribution in [0.4, 0.5) is 0 Å². The summed E-state index contributed by atoms with van der Waals surface area (Å²) in [6, 6.07) is 5.47. The Balaban J connectivity index is 1.37. The number of ether oxygens (including phenoxy) is 1. The summed E-state index contributed by atoms with van der Waals surface area (Å²) in [5.74, 6) is 0.793. The summed E-state index contributed by atoms with van der Waals surface area (Å²) in [6.45, 7) is 0.931. The lowest BCUT2D eigenvalue weighted by Crippen LogP contribution is -2.21. The van der Waals surface area contributed by atoms with Crippen molar-refractivity contribution in [2.45, 2.75) is 25.5 Å². The lowest BCUT2D eigenvalue weighted by Gasteiger charge is -2.05. The van der Waals surface area contributed by atoms with Gasteiger partial charge in [0, 0.05) is 23.9 Å². The topological polar surface area (TPSA) is 103 Å². The summed E-state index contributed by atoms with van der Waals surface area (Å²) in [6.07, 6.45) is 5.39. The van der Waals surface area contributed by atoms with Crippen LogP contribution in [0.2, 0.25) is 0 Å². The van der Waals surface area contributed by atoms with Crippen LogP contribution < -0.4 is 5.32 Å². The summed E-state index contributed by atoms with van der Waals surface area (Å²) >= 11 is 1.45. The van der Waals surface area contributed by atoms with Gasteiger partial charge in [-0.3, -0.25) is 4.79 Å². The number of carbonyl (C=O) groups excluding carboxylic acids is 1. The van der Waals surface area contributed by atoms with Crippen LogP contribution in [0.3, 0.4) is 0 Å². The molecule has 1 saturated heterocycles. The van der Waals surface area contributed by atoms with E-state index in [1.54, 1.807) is 18.5 Å². The molecule has 0 aromatic carbocycles. The molecule has 0 radical (unpaired) electrons. The monoisotopic (exact) mass is 357 g/mol. The SMILES string of the molecule is O=C(NCc1nc(-c2ncccn2)no1)c1ccc([C@H]2CCCO2)s1. The van der Waals surface area contributed by atoms with Crippen molar-refractivity contribution >= 4 is 17.2 Å². The molecule has 128 valence electrons. The molecule has 1 atom stereocenters. The molecule has 8 nitrogen and oxygen atoms in total. The average Bonchev–Trinajstić information content (AvgIpc) is 3.41. The van der Waals surface area contributed by atoms with Crippen LogP contribution in [-0.4, -0.2) is 32.6 Å². The van der Waals surface area contributed by atoms with Gasteiger partial charge in [-0.15, -0.1) is 11.3 Å². The van der Waals surface area contributed by atoms with E-state index in [0.717, 1.165) is 24.3 Å². The van der Waals surface area contributed by atoms with Crippen molar-refractivity contribution in [3.05, 3.63) is 46.2 Å². The lowest BCUT2D eigenvalue weighted by molar-refractivity contribution is 0.0950. The minimum absolute atomic E-state index is 0.121. The summed E-state index contributed by atoms with van der Waals surface area (Å²) < 4.78 is 10.8. The summed E-state index contributed by atoms with van der Waals surface area (Å²) in [7, 11) is 0. The number of aromatic nitrogens is 4. The molecule has 0 unspecified atom stereocenters. The van der Waals surface area contributed by atoms with Crippen molar-refractivity contribution in [3.63, 3.8) is 0 Å². The Hall–Kier alpha value is -2.65. The number of amides is 1. The highest BCUT2D eigenvalue weighted by Gasteiger charge is 2.21. The minimum atomic E-state index is -0.176. The van der Waals surface area contributed by atoms with E-state index in [0.29, 0.717) is 22.4 Å². The standard InChI is InChI=1S/C16H15N5O3S/c22-16(12-5-4-11(25-12)10-3-1-8-23-10)19-9-13-20-15(21-24-13)14-17-6-2-7-18-14/h2,4-7,10H,1,3,8-9H2,(H,19,22)/t10-/m1/s1. The first-order chi connectivity index (χ1) is 12.3. The zero-order valence-electron chi connectivity index (χ0n) is 13.2. The number of rotatable bonds is 5. The van der Waals surface area contributed by atoms with Gasteiger partial charge in [-0.25, -0.2) is 9.97 Å². The Morgan fingerprint density at radius 3 is 2.96 bits per heavy atom. The molecule has 0 aliphatic carbocycles. The molecule has 4 heterocycles. The molecule has 0 saturated carbocycles. The quantitative estimate of drug-likeness (QED) is 0.747. The highest BCUT2D eigenvalue weighted by atomic mass is 32.1. The summed E-state index contributed by atoms with van der Waals surface area (Å²) in [5.41, 5.74) is 0. The first kappa shape index (κ1) is 15.9. The van der Waals surface area contributed by atoms with E-state index >= 15 is 0 Å². The van der Waals surface area contributed by atoms with E-state index in [1.165, 1.54) is 11.3 Å². The molecule has 3 aromatic heterocycles. The van der Waals surface area contributed by atoms with Gasteiger partial charge in [-0.1, -0.05) is 5.16 Å². The van der Waals surface area contributed by atoms with Gasteiger partial charge in [0.05, 0.1) is 17.5 Å². The molecule has 1 aliphatic heterocycles. The first-order valence-corrected chi connectivity index (χ1v) is 8.71. The van der Waals surface area contributed by atoms with Crippen LogP contribution in [0, 0.1) is 0 Å². The Morgan fingerprint density at radius 1 is 1.28 bits per heavy atom. The van der Waals surface area contributed by atoms with E-state index in [4.69, 9.17) is 9.26 Å². The third-order valence-corrected chi connectivity index (χ3v) is 4.91. The summed E-state index contributed by atoms with van der Waals surface area (Å²) in [5, 5.41) is 6.59. The van der Waals surface area contributed by atoms with Gasteiger partial charge in [0.1, 0.15) is 0 Å². The number of hydrogen-bond acceptors (Lipinski definition) is 8. The lowest BCUT2D eigenvalue weighted by atomic mass is 10.2. The molecule has 1 fully saturated rings. The Kier molecular flexibility index (Phi) is 4.49. The second-order valence-corrected chi connectivity index (χ2v) is 6.59. The van der Waals surface area contributed by atoms with Crippen LogP contribution >= 0.6 is 11.3 Å². The van der Waals surface area contributed by atoms with Crippen molar-refractivity contribution in [2.24, 2.45) is 0 Å². The number of nitrogens with zero attached hydrogens (tertiary/aromatic N) is 4. The number of nitrogens with one attached hydrogen (secondary N) is 1. The van der Waals surface area contributed by atoms with E-state index < -0.39 is 0 Å². The first-order valence-electron chi connectivity index (χ1n) is 7.89. The van der Waals surface area contributed by atoms with Crippen LogP contribution in [0.25, 0.3) is 11.6 Å². The molecule has 0 bridgehead atoms. The van der Waals surface area contributed by atoms with Crippen LogP contribution in [0.5, 0.6) is 0 Å². The van der Waals surface area contributed by atoms with E-state index in [1.807, 2.05) is 12.1 Å². The molecule has 1 amide bonds. The smallest absolute Gasteiger partial charge is 0.261 e. The van der Waals surface area contributed by atoms with Crippen LogP contribution in [0.1, 0.15) is 39.4 Å². The van der Waals surface area contributed by atoms with Crippen LogP contribution in [-0.2, 0) is 11.3 Å². The maximum absolute atomic E-state index is 12.3. The molecule has 1 N–H and O–H groups in total. The normalized spacial score (nSPS) is 16.9. The zero-order valence-corrected chi connectivity index (χ0v) is 14.0. The minimum Gasteiger partial charge on any atom is -0.373 e. The molecule has 1 aliphatic rings. The zero-order chi connectivity index (χ0) is 17.1. The van der Waals surface area contributed by atoms with Gasteiger partial charge in [-0.05, 0) is 31.0 Å². The van der Waals surface area contributed by atoms with Gasteiger partial charge < -0.3 is 14.6 Å². The molecule has 9 heteroatoms. The van der Waals surface area contributed by atoms with E-state index in [9.17, 15) is 4.79 Å². The van der Waals surface area contributed by atoms with Crippen molar-refractivity contribution < 1.29 is 14.1 Å². The summed E-state index contributed by atoms with van der Waals surface area (Å²) in [4.78, 5) is 26.3. The van der Waals surface area contributed by atoms with Crippen molar-refractivity contribution in [1.29, 1.82) is 0 Å². The third kappa shape index (κ3) is 3.57. The fraction of sp³-hybridized carbons (Fsp3) is 0.312. The Morgan fingerprint density at radius 2 is 2.16 bits per heavy atom. The second-order valence-electron chi connectivity index (χ2n) is 5.47. The third-order valence-electron chi connectivity index (χ3n) is 3.73. The average molecular weight is 357 g/mol. The van der Waals surface area contributed by atoms with Gasteiger partial charge >= 0.3 is 0 Å². The highest BCUT2D eigenvalue weighted by Crippen LogP contribution is 2.33. The molecule has 4 rings (SSSR count). The van der Waals surface area contributed by atoms with Crippen molar-refractivity contribution in [2.75, 3.05) is 6.61 Å². The van der Waals surface area contributed by atoms with Gasteiger partial charge in [0.2, 0.25) is 17.5 Å². The molecule has 0 spiro atoms. The van der Waals surface area contributed by atoms with Gasteiger partial charge in [0.15, 0.2) is 0 Å². The maximum atomic E-state index is 12.3. The fourth-order valence-corrected chi connectivity index (χ4v) is 3.53. The van der Waals surface area contributed by atoms with E-state index in [-0.39, 0.29) is 18.6 Å². The Labute approximate surface area is 147 Å². The number of carbonyl (C=O) groups is 1. The highest BCUT2D eigenvalue weighted by molar-refractivity contribution is 7.14. The predicted octanol–water partition coefficient (Wildman–Crippen LogP) is 2.37. The van der Waals surface area contributed by atoms with Gasteiger partial charge in [-0.2, -0.15) is 4.98 Å². The molecule has 25 heavy (non-hydrogen) atoms. The fourth-order valence-electron chi connectivity index (χ4n) is 2.53. The molecular formula is C16H15N5O3S. The number of thiophene rings is 1. The van der Waals surface area contributed by atoms with Crippen molar-refractivity contribution in [3.8, 4) is 11.6 Å². The van der Waals surface area contributed by atoms with Crippen molar-refractivity contribution in [1.82, 2.24) is 25.4 Å². The molecular weight excluding hydrogens is 342 g/mol.